The zero-order chi connectivity index (χ0) is 33.9. The third-order valence-corrected chi connectivity index (χ3v) is 8.63. The number of benzene rings is 5. The summed E-state index contributed by atoms with van der Waals surface area (Å²) in [6, 6.07) is 37.3. The van der Waals surface area contributed by atoms with E-state index in [0.717, 1.165) is 10.5 Å². The first-order chi connectivity index (χ1) is 23.3. The average molecular weight is 678 g/mol. The fourth-order valence-electron chi connectivity index (χ4n) is 4.66. The van der Waals surface area contributed by atoms with Gasteiger partial charge < -0.3 is 25.4 Å². The molecule has 5 aromatic rings. The predicted molar refractivity (Wildman–Crippen MR) is 192 cm³/mol. The highest BCUT2D eigenvalue weighted by Crippen LogP contribution is 2.38. The number of hydrogen-bond acceptors (Lipinski definition) is 6. The van der Waals surface area contributed by atoms with Gasteiger partial charge in [-0.3, -0.25) is 14.4 Å². The van der Waals surface area contributed by atoms with Crippen molar-refractivity contribution in [1.82, 2.24) is 5.32 Å². The minimum atomic E-state index is -0.643. The SMILES string of the molecule is COc1cc(NC(=O)C(Sc2cccc(NC(=O)/C(=C\c3ccccc3Cl)NC(=O)c3ccccc3)c2)c2ccccc2)cc(OC)c1. The lowest BCUT2D eigenvalue weighted by Gasteiger charge is -2.18. The zero-order valence-corrected chi connectivity index (χ0v) is 27.7. The number of carbonyl (C=O) groups is 3. The number of nitrogens with one attached hydrogen (secondary N) is 3. The van der Waals surface area contributed by atoms with Crippen LogP contribution in [-0.2, 0) is 9.59 Å². The van der Waals surface area contributed by atoms with Gasteiger partial charge in [0.05, 0.1) is 14.2 Å². The second-order valence-electron chi connectivity index (χ2n) is 10.4. The summed E-state index contributed by atoms with van der Waals surface area (Å²) >= 11 is 7.70. The standard InChI is InChI=1S/C38H32ClN3O5S/c1-46-30-21-29(22-31(24-30)47-2)41-38(45)35(25-12-5-3-6-13-25)48-32-18-11-17-28(23-32)40-37(44)34(20-27-16-9-10-19-33(27)39)42-36(43)26-14-7-4-8-15-26/h3-24,35H,1-2H3,(H,40,44)(H,41,45)(H,42,43)/b34-20+. The molecule has 0 bridgehead atoms. The molecule has 0 aliphatic heterocycles. The van der Waals surface area contributed by atoms with Crippen LogP contribution in [0, 0.1) is 0 Å². The molecule has 0 aromatic heterocycles. The molecule has 1 atom stereocenters. The number of thioether (sulfide) groups is 1. The Hall–Kier alpha value is -5.51. The van der Waals surface area contributed by atoms with Crippen molar-refractivity contribution in [2.45, 2.75) is 10.1 Å². The smallest absolute Gasteiger partial charge is 0.272 e. The summed E-state index contributed by atoms with van der Waals surface area (Å²) in [7, 11) is 3.09. The molecule has 242 valence electrons. The highest BCUT2D eigenvalue weighted by atomic mass is 35.5. The molecule has 5 rings (SSSR count). The van der Waals surface area contributed by atoms with Crippen molar-refractivity contribution in [2.75, 3.05) is 24.9 Å². The van der Waals surface area contributed by atoms with E-state index in [9.17, 15) is 14.4 Å². The Morgan fingerprint density at radius 3 is 2.02 bits per heavy atom. The number of methoxy groups -OCH3 is 2. The van der Waals surface area contributed by atoms with Crippen molar-refractivity contribution in [3.05, 3.63) is 155 Å². The number of ether oxygens (including phenoxy) is 2. The predicted octanol–water partition coefficient (Wildman–Crippen LogP) is 8.24. The van der Waals surface area contributed by atoms with Gasteiger partial charge in [0.15, 0.2) is 0 Å². The van der Waals surface area contributed by atoms with Crippen LogP contribution in [0.1, 0.15) is 26.7 Å². The monoisotopic (exact) mass is 677 g/mol. The van der Waals surface area contributed by atoms with Gasteiger partial charge in [-0.25, -0.2) is 0 Å². The van der Waals surface area contributed by atoms with E-state index in [4.69, 9.17) is 21.1 Å². The van der Waals surface area contributed by atoms with Crippen LogP contribution in [0.15, 0.2) is 138 Å². The lowest BCUT2D eigenvalue weighted by Crippen LogP contribution is -2.30. The Balaban J connectivity index is 1.39. The molecule has 5 aromatic carbocycles. The highest BCUT2D eigenvalue weighted by Gasteiger charge is 2.23. The topological polar surface area (TPSA) is 106 Å². The van der Waals surface area contributed by atoms with Gasteiger partial charge in [0, 0.05) is 45.1 Å². The lowest BCUT2D eigenvalue weighted by atomic mass is 10.1. The number of carbonyl (C=O) groups excluding carboxylic acids is 3. The number of halogens is 1. The molecule has 0 fully saturated rings. The first-order valence-electron chi connectivity index (χ1n) is 14.8. The normalized spacial score (nSPS) is 11.6. The Bertz CT molecular complexity index is 1910. The third kappa shape index (κ3) is 9.06. The van der Waals surface area contributed by atoms with Crippen molar-refractivity contribution in [3.63, 3.8) is 0 Å². The van der Waals surface area contributed by atoms with Crippen LogP contribution < -0.4 is 25.4 Å². The molecule has 0 aliphatic rings. The molecule has 8 nitrogen and oxygen atoms in total. The summed E-state index contributed by atoms with van der Waals surface area (Å²) < 4.78 is 10.7. The van der Waals surface area contributed by atoms with Crippen LogP contribution in [0.25, 0.3) is 6.08 Å². The van der Waals surface area contributed by atoms with E-state index in [1.54, 1.807) is 105 Å². The quantitative estimate of drug-likeness (QED) is 0.0908. The summed E-state index contributed by atoms with van der Waals surface area (Å²) in [6.45, 7) is 0. The van der Waals surface area contributed by atoms with Gasteiger partial charge in [-0.2, -0.15) is 0 Å². The number of anilines is 2. The molecule has 1 unspecified atom stereocenters. The fourth-order valence-corrected chi connectivity index (χ4v) is 5.93. The van der Waals surface area contributed by atoms with Gasteiger partial charge >= 0.3 is 0 Å². The summed E-state index contributed by atoms with van der Waals surface area (Å²) in [4.78, 5) is 41.2. The van der Waals surface area contributed by atoms with E-state index >= 15 is 0 Å². The van der Waals surface area contributed by atoms with E-state index in [2.05, 4.69) is 16.0 Å². The number of rotatable bonds is 12. The maximum atomic E-state index is 13.7. The molecular weight excluding hydrogens is 646 g/mol. The van der Waals surface area contributed by atoms with E-state index in [-0.39, 0.29) is 11.6 Å². The largest absolute Gasteiger partial charge is 0.497 e. The van der Waals surface area contributed by atoms with Gasteiger partial charge in [-0.1, -0.05) is 84.4 Å². The molecule has 48 heavy (non-hydrogen) atoms. The van der Waals surface area contributed by atoms with E-state index in [0.29, 0.717) is 39.0 Å². The molecular formula is C38H32ClN3O5S. The molecule has 0 aliphatic carbocycles. The van der Waals surface area contributed by atoms with Crippen LogP contribution in [0.4, 0.5) is 11.4 Å². The molecule has 3 N–H and O–H groups in total. The average Bonchev–Trinajstić information content (AvgIpc) is 3.11. The van der Waals surface area contributed by atoms with Gasteiger partial charge in [-0.15, -0.1) is 11.8 Å². The second kappa shape index (κ2) is 16.4. The van der Waals surface area contributed by atoms with Crippen LogP contribution in [0.2, 0.25) is 5.02 Å². The molecule has 0 saturated carbocycles. The van der Waals surface area contributed by atoms with E-state index < -0.39 is 17.1 Å². The molecule has 0 radical (unpaired) electrons. The first kappa shape index (κ1) is 33.8. The Morgan fingerprint density at radius 1 is 0.708 bits per heavy atom. The van der Waals surface area contributed by atoms with E-state index in [1.165, 1.54) is 17.8 Å². The van der Waals surface area contributed by atoms with E-state index in [1.807, 2.05) is 36.4 Å². The minimum absolute atomic E-state index is 0.00488. The van der Waals surface area contributed by atoms with Crippen molar-refractivity contribution < 1.29 is 23.9 Å². The summed E-state index contributed by atoms with van der Waals surface area (Å²) in [6.07, 6.45) is 1.53. The van der Waals surface area contributed by atoms with Crippen LogP contribution >= 0.6 is 23.4 Å². The Kier molecular flexibility index (Phi) is 11.5. The van der Waals surface area contributed by atoms with Gasteiger partial charge in [0.2, 0.25) is 5.91 Å². The van der Waals surface area contributed by atoms with Crippen molar-refractivity contribution in [2.24, 2.45) is 0 Å². The molecule has 0 spiro atoms. The van der Waals surface area contributed by atoms with Gasteiger partial charge in [0.1, 0.15) is 22.4 Å². The lowest BCUT2D eigenvalue weighted by molar-refractivity contribution is -0.116. The molecule has 0 saturated heterocycles. The highest BCUT2D eigenvalue weighted by molar-refractivity contribution is 8.00. The number of hydrogen-bond donors (Lipinski definition) is 3. The van der Waals surface area contributed by atoms with Crippen molar-refractivity contribution in [1.29, 1.82) is 0 Å². The number of amides is 3. The Morgan fingerprint density at radius 2 is 1.35 bits per heavy atom. The third-order valence-electron chi connectivity index (χ3n) is 7.04. The van der Waals surface area contributed by atoms with Crippen LogP contribution in [-0.4, -0.2) is 31.9 Å². The fraction of sp³-hybridized carbons (Fsp3) is 0.0789. The summed E-state index contributed by atoms with van der Waals surface area (Å²) in [5.41, 5.74) is 2.74. The summed E-state index contributed by atoms with van der Waals surface area (Å²) in [5, 5.41) is 8.37. The van der Waals surface area contributed by atoms with Crippen LogP contribution in [0.5, 0.6) is 11.5 Å². The van der Waals surface area contributed by atoms with Crippen LogP contribution in [0.3, 0.4) is 0 Å². The second-order valence-corrected chi connectivity index (χ2v) is 12.0. The zero-order valence-electron chi connectivity index (χ0n) is 26.1. The molecule has 0 heterocycles. The maximum Gasteiger partial charge on any atom is 0.272 e. The first-order valence-corrected chi connectivity index (χ1v) is 16.1. The van der Waals surface area contributed by atoms with Crippen molar-refractivity contribution >= 4 is 58.5 Å². The Labute approximate surface area is 288 Å². The van der Waals surface area contributed by atoms with Gasteiger partial charge in [0.25, 0.3) is 11.8 Å². The minimum Gasteiger partial charge on any atom is -0.497 e. The van der Waals surface area contributed by atoms with Gasteiger partial charge in [-0.05, 0) is 53.6 Å². The molecule has 10 heteroatoms. The maximum absolute atomic E-state index is 13.7. The molecule has 3 amide bonds. The van der Waals surface area contributed by atoms with Crippen molar-refractivity contribution in [3.8, 4) is 11.5 Å². The summed E-state index contributed by atoms with van der Waals surface area (Å²) in [5.74, 6) is -0.172.